The predicted octanol–water partition coefficient (Wildman–Crippen LogP) is 5.40. The number of carbonyl (C=O) groups excluding carboxylic acids is 2. The smallest absolute Gasteiger partial charge is 0.337 e. The molecule has 3 aromatic carbocycles. The molecule has 0 amide bonds. The van der Waals surface area contributed by atoms with Crippen molar-refractivity contribution in [2.75, 3.05) is 13.8 Å². The van der Waals surface area contributed by atoms with Gasteiger partial charge in [0.2, 0.25) is 5.78 Å². The van der Waals surface area contributed by atoms with Crippen LogP contribution in [0, 0.1) is 6.92 Å². The van der Waals surface area contributed by atoms with Gasteiger partial charge in [-0.1, -0.05) is 35.9 Å². The first-order valence-corrected chi connectivity index (χ1v) is 11.2. The summed E-state index contributed by atoms with van der Waals surface area (Å²) in [5.74, 6) is 0.957. The molecule has 0 atom stereocenters. The minimum absolute atomic E-state index is 0.173. The number of hydrogen-bond acceptors (Lipinski definition) is 6. The van der Waals surface area contributed by atoms with Crippen molar-refractivity contribution in [1.29, 1.82) is 0 Å². The van der Waals surface area contributed by atoms with E-state index in [1.54, 1.807) is 30.3 Å². The zero-order valence-corrected chi connectivity index (χ0v) is 19.5. The number of carbonyl (C=O) groups is 2. The van der Waals surface area contributed by atoms with Gasteiger partial charge in [-0.25, -0.2) is 4.79 Å². The van der Waals surface area contributed by atoms with Gasteiger partial charge >= 0.3 is 5.97 Å². The normalized spacial score (nSPS) is 16.0. The van der Waals surface area contributed by atoms with Crippen LogP contribution in [0.4, 0.5) is 0 Å². The third-order valence-electron chi connectivity index (χ3n) is 5.95. The highest BCUT2D eigenvalue weighted by molar-refractivity contribution is 6.30. The van der Waals surface area contributed by atoms with Gasteiger partial charge in [0.05, 0.1) is 18.2 Å². The standard InChI is InChI=1S/C27H22ClNO5/c1-16-25-20(14-29(15-33-25)13-18-5-9-21(28)10-6-18)12-22-24(30)23(34-26(16)22)11-17-3-7-19(8-4-17)27(31)32-2/h3-12H,13-15H2,1-2H3/b23-11-. The summed E-state index contributed by atoms with van der Waals surface area (Å²) in [5.41, 5.74) is 4.63. The van der Waals surface area contributed by atoms with Gasteiger partial charge in [0.15, 0.2) is 5.76 Å². The molecule has 0 saturated carbocycles. The minimum Gasteiger partial charge on any atom is -0.477 e. The molecule has 2 aliphatic heterocycles. The van der Waals surface area contributed by atoms with Crippen molar-refractivity contribution in [2.24, 2.45) is 0 Å². The topological polar surface area (TPSA) is 65.1 Å². The van der Waals surface area contributed by atoms with Gasteiger partial charge in [-0.3, -0.25) is 9.69 Å². The molecule has 6 nitrogen and oxygen atoms in total. The van der Waals surface area contributed by atoms with Gasteiger partial charge in [0.1, 0.15) is 18.2 Å². The number of hydrogen-bond donors (Lipinski definition) is 0. The number of rotatable bonds is 4. The fraction of sp³-hybridized carbons (Fsp3) is 0.185. The lowest BCUT2D eigenvalue weighted by molar-refractivity contribution is 0.0600. The van der Waals surface area contributed by atoms with E-state index in [9.17, 15) is 9.59 Å². The Balaban J connectivity index is 1.38. The molecule has 0 saturated heterocycles. The molecule has 5 rings (SSSR count). The average Bonchev–Trinajstić information content (AvgIpc) is 3.16. The molecule has 0 unspecified atom stereocenters. The molecule has 172 valence electrons. The highest BCUT2D eigenvalue weighted by atomic mass is 35.5. The lowest BCUT2D eigenvalue weighted by atomic mass is 9.99. The van der Waals surface area contributed by atoms with Gasteiger partial charge in [0, 0.05) is 29.2 Å². The molecule has 2 aliphatic rings. The lowest BCUT2D eigenvalue weighted by Gasteiger charge is -2.30. The Kier molecular flexibility index (Phi) is 5.86. The maximum Gasteiger partial charge on any atom is 0.337 e. The van der Waals surface area contributed by atoms with Crippen molar-refractivity contribution in [3.8, 4) is 11.5 Å². The second-order valence-electron chi connectivity index (χ2n) is 8.31. The van der Waals surface area contributed by atoms with Crippen LogP contribution < -0.4 is 9.47 Å². The van der Waals surface area contributed by atoms with E-state index in [2.05, 4.69) is 4.90 Å². The predicted molar refractivity (Wildman–Crippen MR) is 128 cm³/mol. The summed E-state index contributed by atoms with van der Waals surface area (Å²) in [5, 5.41) is 0.706. The first kappa shape index (κ1) is 22.2. The Labute approximate surface area is 202 Å². The monoisotopic (exact) mass is 475 g/mol. The van der Waals surface area contributed by atoms with Gasteiger partial charge in [0.25, 0.3) is 0 Å². The molecule has 0 spiro atoms. The van der Waals surface area contributed by atoms with E-state index in [-0.39, 0.29) is 11.5 Å². The van der Waals surface area contributed by atoms with E-state index in [0.717, 1.165) is 28.0 Å². The molecule has 34 heavy (non-hydrogen) atoms. The highest BCUT2D eigenvalue weighted by Gasteiger charge is 2.33. The number of nitrogens with zero attached hydrogens (tertiary/aromatic N) is 1. The van der Waals surface area contributed by atoms with Crippen LogP contribution in [0.15, 0.2) is 60.4 Å². The second kappa shape index (κ2) is 8.97. The molecule has 0 N–H and O–H groups in total. The van der Waals surface area contributed by atoms with Crippen molar-refractivity contribution in [1.82, 2.24) is 4.90 Å². The van der Waals surface area contributed by atoms with Crippen molar-refractivity contribution in [3.05, 3.63) is 98.8 Å². The van der Waals surface area contributed by atoms with Gasteiger partial charge < -0.3 is 14.2 Å². The Bertz CT molecular complexity index is 1310. The molecule has 3 aromatic rings. The zero-order chi connectivity index (χ0) is 23.8. The van der Waals surface area contributed by atoms with E-state index < -0.39 is 5.97 Å². The second-order valence-corrected chi connectivity index (χ2v) is 8.74. The number of methoxy groups -OCH3 is 1. The largest absolute Gasteiger partial charge is 0.477 e. The van der Waals surface area contributed by atoms with Crippen LogP contribution in [0.3, 0.4) is 0 Å². The summed E-state index contributed by atoms with van der Waals surface area (Å²) in [6.07, 6.45) is 1.68. The van der Waals surface area contributed by atoms with Crippen molar-refractivity contribution < 1.29 is 23.8 Å². The van der Waals surface area contributed by atoms with E-state index in [0.29, 0.717) is 41.7 Å². The van der Waals surface area contributed by atoms with E-state index in [1.807, 2.05) is 37.3 Å². The van der Waals surface area contributed by atoms with E-state index in [4.69, 9.17) is 25.8 Å². The molecule has 7 heteroatoms. The lowest BCUT2D eigenvalue weighted by Crippen LogP contribution is -2.32. The van der Waals surface area contributed by atoms with E-state index >= 15 is 0 Å². The molecule has 0 radical (unpaired) electrons. The molecular formula is C27H22ClNO5. The van der Waals surface area contributed by atoms with Crippen LogP contribution in [0.1, 0.15) is 43.0 Å². The SMILES string of the molecule is COC(=O)c1ccc(/C=C2\Oc3c(cc4c(c3C)OCN(Cc3ccc(Cl)cc3)C4)C2=O)cc1. The number of Topliss-reactive ketones (excluding diaryl/α,β-unsaturated/α-hetero) is 1. The number of fused-ring (bicyclic) bond motifs is 2. The molecule has 0 fully saturated rings. The Hall–Kier alpha value is -3.61. The fourth-order valence-corrected chi connectivity index (χ4v) is 4.36. The minimum atomic E-state index is -0.411. The van der Waals surface area contributed by atoms with Crippen LogP contribution in [0.25, 0.3) is 6.08 Å². The maximum atomic E-state index is 13.1. The summed E-state index contributed by atoms with van der Waals surface area (Å²) in [4.78, 5) is 26.9. The highest BCUT2D eigenvalue weighted by Crippen LogP contribution is 2.43. The Morgan fingerprint density at radius 3 is 2.56 bits per heavy atom. The third kappa shape index (κ3) is 4.18. The summed E-state index contributed by atoms with van der Waals surface area (Å²) >= 11 is 5.99. The average molecular weight is 476 g/mol. The van der Waals surface area contributed by atoms with Crippen molar-refractivity contribution in [2.45, 2.75) is 20.0 Å². The molecule has 0 aliphatic carbocycles. The van der Waals surface area contributed by atoms with Crippen molar-refractivity contribution >= 4 is 29.4 Å². The van der Waals surface area contributed by atoms with Crippen LogP contribution in [-0.2, 0) is 17.8 Å². The number of benzene rings is 3. The summed E-state index contributed by atoms with van der Waals surface area (Å²) < 4.78 is 16.8. The first-order chi connectivity index (χ1) is 16.4. The molecule has 0 aromatic heterocycles. The van der Waals surface area contributed by atoms with Crippen LogP contribution in [0.5, 0.6) is 11.5 Å². The summed E-state index contributed by atoms with van der Waals surface area (Å²) in [6.45, 7) is 3.73. The summed E-state index contributed by atoms with van der Waals surface area (Å²) in [6, 6.07) is 16.4. The van der Waals surface area contributed by atoms with Crippen LogP contribution in [0.2, 0.25) is 5.02 Å². The number of halogens is 1. The summed E-state index contributed by atoms with van der Waals surface area (Å²) in [7, 11) is 1.34. The zero-order valence-electron chi connectivity index (χ0n) is 18.8. The Morgan fingerprint density at radius 1 is 1.12 bits per heavy atom. The molecule has 2 heterocycles. The van der Waals surface area contributed by atoms with Gasteiger partial charge in [-0.05, 0) is 54.5 Å². The van der Waals surface area contributed by atoms with Crippen LogP contribution in [-0.4, -0.2) is 30.5 Å². The number of ketones is 1. The number of esters is 1. The van der Waals surface area contributed by atoms with Crippen molar-refractivity contribution in [3.63, 3.8) is 0 Å². The fourth-order valence-electron chi connectivity index (χ4n) is 4.23. The maximum absolute atomic E-state index is 13.1. The van der Waals surface area contributed by atoms with E-state index in [1.165, 1.54) is 7.11 Å². The first-order valence-electron chi connectivity index (χ1n) is 10.8. The third-order valence-corrected chi connectivity index (χ3v) is 6.20. The molecule has 0 bridgehead atoms. The van der Waals surface area contributed by atoms with Crippen LogP contribution >= 0.6 is 11.6 Å². The van der Waals surface area contributed by atoms with Gasteiger partial charge in [-0.2, -0.15) is 0 Å². The number of allylic oxidation sites excluding steroid dienone is 1. The molecular weight excluding hydrogens is 454 g/mol. The van der Waals surface area contributed by atoms with Gasteiger partial charge in [-0.15, -0.1) is 0 Å². The number of ether oxygens (including phenoxy) is 3. The quantitative estimate of drug-likeness (QED) is 0.371. The Morgan fingerprint density at radius 2 is 1.85 bits per heavy atom.